The predicted octanol–water partition coefficient (Wildman–Crippen LogP) is 2.36. The second-order valence-corrected chi connectivity index (χ2v) is 4.94. The molecule has 88 valence electrons. The lowest BCUT2D eigenvalue weighted by Gasteiger charge is -2.33. The summed E-state index contributed by atoms with van der Waals surface area (Å²) < 4.78 is 5.36. The van der Waals surface area contributed by atoms with Crippen LogP contribution in [0.5, 0.6) is 0 Å². The Morgan fingerprint density at radius 2 is 2.00 bits per heavy atom. The molecule has 16 heavy (non-hydrogen) atoms. The molecular formula is C11H16ClN3O. The maximum Gasteiger partial charge on any atom is 0.222 e. The topological polar surface area (TPSA) is 47.0 Å². The molecule has 0 amide bonds. The first kappa shape index (κ1) is 11.6. The molecule has 5 heteroatoms. The number of hydrogen-bond acceptors (Lipinski definition) is 4. The van der Waals surface area contributed by atoms with Gasteiger partial charge in [0.25, 0.3) is 0 Å². The number of ether oxygens (including phenoxy) is 1. The summed E-state index contributed by atoms with van der Waals surface area (Å²) in [7, 11) is 0. The third kappa shape index (κ3) is 3.06. The van der Waals surface area contributed by atoms with Crippen molar-refractivity contribution >= 4 is 17.5 Å². The Balaban J connectivity index is 1.88. The maximum atomic E-state index is 5.72. The van der Waals surface area contributed by atoms with Crippen molar-refractivity contribution in [1.29, 1.82) is 0 Å². The summed E-state index contributed by atoms with van der Waals surface area (Å²) in [4.78, 5) is 8.22. The average molecular weight is 242 g/mol. The number of nitrogens with zero attached hydrogens (tertiary/aromatic N) is 2. The van der Waals surface area contributed by atoms with E-state index in [9.17, 15) is 0 Å². The molecule has 0 aliphatic carbocycles. The maximum absolute atomic E-state index is 5.72. The molecule has 0 unspecified atom stereocenters. The third-order valence-electron chi connectivity index (χ3n) is 2.99. The van der Waals surface area contributed by atoms with Crippen LogP contribution >= 0.6 is 11.6 Å². The first-order chi connectivity index (χ1) is 7.68. The van der Waals surface area contributed by atoms with Crippen LogP contribution in [0.3, 0.4) is 0 Å². The van der Waals surface area contributed by atoms with Gasteiger partial charge in [0.15, 0.2) is 0 Å². The minimum absolute atomic E-state index is 0.279. The van der Waals surface area contributed by atoms with Crippen molar-refractivity contribution in [3.63, 3.8) is 0 Å². The molecule has 4 nitrogen and oxygen atoms in total. The monoisotopic (exact) mass is 241 g/mol. The molecule has 0 bridgehead atoms. The van der Waals surface area contributed by atoms with Crippen LogP contribution in [0, 0.1) is 5.41 Å². The summed E-state index contributed by atoms with van der Waals surface area (Å²) in [5.41, 5.74) is 0.279. The van der Waals surface area contributed by atoms with Gasteiger partial charge in [-0.25, -0.2) is 9.97 Å². The van der Waals surface area contributed by atoms with Crippen molar-refractivity contribution in [1.82, 2.24) is 9.97 Å². The van der Waals surface area contributed by atoms with E-state index in [-0.39, 0.29) is 5.41 Å². The fourth-order valence-corrected chi connectivity index (χ4v) is 1.83. The van der Waals surface area contributed by atoms with Gasteiger partial charge in [0.2, 0.25) is 5.95 Å². The van der Waals surface area contributed by atoms with Gasteiger partial charge in [-0.1, -0.05) is 18.5 Å². The van der Waals surface area contributed by atoms with Crippen molar-refractivity contribution in [3.05, 3.63) is 17.4 Å². The van der Waals surface area contributed by atoms with Gasteiger partial charge in [-0.3, -0.25) is 0 Å². The Morgan fingerprint density at radius 3 is 2.62 bits per heavy atom. The van der Waals surface area contributed by atoms with E-state index in [0.29, 0.717) is 11.0 Å². The van der Waals surface area contributed by atoms with E-state index in [2.05, 4.69) is 22.2 Å². The van der Waals surface area contributed by atoms with E-state index in [0.717, 1.165) is 32.6 Å². The van der Waals surface area contributed by atoms with Crippen LogP contribution in [0.15, 0.2) is 12.4 Å². The number of nitrogens with one attached hydrogen (secondary N) is 1. The van der Waals surface area contributed by atoms with Crippen LogP contribution in [0.4, 0.5) is 5.95 Å². The van der Waals surface area contributed by atoms with Crippen molar-refractivity contribution in [2.75, 3.05) is 25.1 Å². The lowest BCUT2D eigenvalue weighted by Crippen LogP contribution is -2.33. The Morgan fingerprint density at radius 1 is 1.38 bits per heavy atom. The van der Waals surface area contributed by atoms with Crippen LogP contribution < -0.4 is 5.32 Å². The molecule has 1 aliphatic rings. The summed E-state index contributed by atoms with van der Waals surface area (Å²) in [5, 5.41) is 3.80. The Hall–Kier alpha value is -0.870. The summed E-state index contributed by atoms with van der Waals surface area (Å²) in [5.74, 6) is 0.636. The molecule has 1 aliphatic heterocycles. The zero-order chi connectivity index (χ0) is 11.4. The normalized spacial score (nSPS) is 19.4. The lowest BCUT2D eigenvalue weighted by atomic mass is 9.82. The molecule has 0 spiro atoms. The molecule has 0 saturated carbocycles. The van der Waals surface area contributed by atoms with Gasteiger partial charge in [-0.2, -0.15) is 0 Å². The van der Waals surface area contributed by atoms with Gasteiger partial charge in [-0.05, 0) is 18.3 Å². The largest absolute Gasteiger partial charge is 0.381 e. The SMILES string of the molecule is CC1(CNc2ncc(Cl)cn2)CCOCC1. The van der Waals surface area contributed by atoms with Gasteiger partial charge in [0, 0.05) is 19.8 Å². The third-order valence-corrected chi connectivity index (χ3v) is 3.19. The molecule has 1 fully saturated rings. The second-order valence-electron chi connectivity index (χ2n) is 4.50. The molecule has 1 aromatic heterocycles. The molecule has 0 aromatic carbocycles. The highest BCUT2D eigenvalue weighted by Gasteiger charge is 2.27. The van der Waals surface area contributed by atoms with E-state index < -0.39 is 0 Å². The van der Waals surface area contributed by atoms with Crippen LogP contribution in [-0.4, -0.2) is 29.7 Å². The van der Waals surface area contributed by atoms with Crippen LogP contribution in [0.2, 0.25) is 5.02 Å². The quantitative estimate of drug-likeness (QED) is 0.883. The summed E-state index contributed by atoms with van der Waals surface area (Å²) in [6, 6.07) is 0. The fourth-order valence-electron chi connectivity index (χ4n) is 1.74. The number of hydrogen-bond donors (Lipinski definition) is 1. The number of aromatic nitrogens is 2. The van der Waals surface area contributed by atoms with Gasteiger partial charge in [-0.15, -0.1) is 0 Å². The highest BCUT2D eigenvalue weighted by Crippen LogP contribution is 2.29. The Bertz CT molecular complexity index is 336. The number of anilines is 1. The summed E-state index contributed by atoms with van der Waals surface area (Å²) in [6.07, 6.45) is 5.35. The average Bonchev–Trinajstić information content (AvgIpc) is 2.29. The molecular weight excluding hydrogens is 226 g/mol. The fraction of sp³-hybridized carbons (Fsp3) is 0.636. The van der Waals surface area contributed by atoms with E-state index in [1.165, 1.54) is 0 Å². The van der Waals surface area contributed by atoms with Crippen LogP contribution in [-0.2, 0) is 4.74 Å². The highest BCUT2D eigenvalue weighted by molar-refractivity contribution is 6.30. The smallest absolute Gasteiger partial charge is 0.222 e. The lowest BCUT2D eigenvalue weighted by molar-refractivity contribution is 0.0299. The van der Waals surface area contributed by atoms with E-state index >= 15 is 0 Å². The minimum atomic E-state index is 0.279. The van der Waals surface area contributed by atoms with E-state index in [1.54, 1.807) is 12.4 Å². The highest BCUT2D eigenvalue weighted by atomic mass is 35.5. The summed E-state index contributed by atoms with van der Waals surface area (Å²) in [6.45, 7) is 4.83. The van der Waals surface area contributed by atoms with Gasteiger partial charge in [0.1, 0.15) is 0 Å². The standard InChI is InChI=1S/C11H16ClN3O/c1-11(2-4-16-5-3-11)8-15-10-13-6-9(12)7-14-10/h6-7H,2-5,8H2,1H3,(H,13,14,15). The van der Waals surface area contributed by atoms with Crippen molar-refractivity contribution in [3.8, 4) is 0 Å². The van der Waals surface area contributed by atoms with Crippen molar-refractivity contribution in [2.45, 2.75) is 19.8 Å². The zero-order valence-corrected chi connectivity index (χ0v) is 10.1. The van der Waals surface area contributed by atoms with Gasteiger partial charge < -0.3 is 10.1 Å². The Kier molecular flexibility index (Phi) is 3.61. The van der Waals surface area contributed by atoms with Gasteiger partial charge in [0.05, 0.1) is 17.4 Å². The first-order valence-corrected chi connectivity index (χ1v) is 5.85. The number of rotatable bonds is 3. The first-order valence-electron chi connectivity index (χ1n) is 5.47. The van der Waals surface area contributed by atoms with Crippen LogP contribution in [0.25, 0.3) is 0 Å². The van der Waals surface area contributed by atoms with Crippen molar-refractivity contribution < 1.29 is 4.74 Å². The minimum Gasteiger partial charge on any atom is -0.381 e. The number of halogens is 1. The molecule has 2 rings (SSSR count). The molecule has 0 radical (unpaired) electrons. The zero-order valence-electron chi connectivity index (χ0n) is 9.37. The van der Waals surface area contributed by atoms with E-state index in [1.807, 2.05) is 0 Å². The molecule has 1 N–H and O–H groups in total. The molecule has 0 atom stereocenters. The van der Waals surface area contributed by atoms with Crippen LogP contribution in [0.1, 0.15) is 19.8 Å². The molecule has 1 aromatic rings. The molecule has 2 heterocycles. The molecule has 1 saturated heterocycles. The van der Waals surface area contributed by atoms with E-state index in [4.69, 9.17) is 16.3 Å². The second kappa shape index (κ2) is 4.97. The predicted molar refractivity (Wildman–Crippen MR) is 63.7 cm³/mol. The Labute approximate surface area is 100 Å². The summed E-state index contributed by atoms with van der Waals surface area (Å²) >= 11 is 5.72. The van der Waals surface area contributed by atoms with Gasteiger partial charge >= 0.3 is 0 Å². The van der Waals surface area contributed by atoms with Crippen molar-refractivity contribution in [2.24, 2.45) is 5.41 Å².